The summed E-state index contributed by atoms with van der Waals surface area (Å²) in [6.07, 6.45) is 4.36. The summed E-state index contributed by atoms with van der Waals surface area (Å²) in [6.45, 7) is 8.32. The van der Waals surface area contributed by atoms with Crippen LogP contribution in [0.1, 0.15) is 36.4 Å². The van der Waals surface area contributed by atoms with Crippen molar-refractivity contribution < 1.29 is 9.53 Å². The van der Waals surface area contributed by atoms with E-state index in [1.165, 1.54) is 0 Å². The summed E-state index contributed by atoms with van der Waals surface area (Å²) in [7, 11) is 0. The van der Waals surface area contributed by atoms with Gasteiger partial charge in [-0.25, -0.2) is 4.98 Å². The monoisotopic (exact) mass is 349 g/mol. The largest absolute Gasteiger partial charge is 0.381 e. The van der Waals surface area contributed by atoms with Gasteiger partial charge in [0.2, 0.25) is 5.91 Å². The zero-order chi connectivity index (χ0) is 16.6. The van der Waals surface area contributed by atoms with Gasteiger partial charge in [0.25, 0.3) is 0 Å². The molecule has 3 fully saturated rings. The minimum Gasteiger partial charge on any atom is -0.381 e. The van der Waals surface area contributed by atoms with Gasteiger partial charge < -0.3 is 9.64 Å². The molecular weight excluding hydrogens is 322 g/mol. The van der Waals surface area contributed by atoms with Crippen molar-refractivity contribution >= 4 is 17.2 Å². The lowest BCUT2D eigenvalue weighted by atomic mass is 9.71. The van der Waals surface area contributed by atoms with Crippen molar-refractivity contribution in [1.82, 2.24) is 14.8 Å². The number of aryl methyl sites for hydroxylation is 1. The minimum absolute atomic E-state index is 0.114. The molecule has 0 saturated carbocycles. The zero-order valence-corrected chi connectivity index (χ0v) is 15.3. The Bertz CT molecular complexity index is 591. The van der Waals surface area contributed by atoms with Gasteiger partial charge in [-0.3, -0.25) is 9.69 Å². The molecule has 132 valence electrons. The van der Waals surface area contributed by atoms with Gasteiger partial charge in [0.1, 0.15) is 0 Å². The van der Waals surface area contributed by atoms with Crippen molar-refractivity contribution in [3.8, 4) is 0 Å². The Balaban J connectivity index is 1.52. The Morgan fingerprint density at radius 3 is 2.79 bits per heavy atom. The van der Waals surface area contributed by atoms with E-state index in [1.807, 2.05) is 0 Å². The molecule has 24 heavy (non-hydrogen) atoms. The standard InChI is InChI=1S/C18H27N3O2S/c1-14-19-15(12-24-14)10-20-11-16(17(22)21-6-2-3-7-21)18(13-20)4-8-23-9-5-18/h12,16H,2-11,13H2,1H3/t16-/m1/s1. The third-order valence-electron chi connectivity index (χ3n) is 5.98. The van der Waals surface area contributed by atoms with Gasteiger partial charge in [-0.2, -0.15) is 0 Å². The summed E-state index contributed by atoms with van der Waals surface area (Å²) in [6, 6.07) is 0. The van der Waals surface area contributed by atoms with Crippen molar-refractivity contribution in [1.29, 1.82) is 0 Å². The number of carbonyl (C=O) groups excluding carboxylic acids is 1. The molecule has 6 heteroatoms. The summed E-state index contributed by atoms with van der Waals surface area (Å²) in [4.78, 5) is 22.3. The Morgan fingerprint density at radius 1 is 1.38 bits per heavy atom. The number of carbonyl (C=O) groups is 1. The molecule has 1 amide bonds. The molecule has 0 unspecified atom stereocenters. The molecule has 3 aliphatic rings. The first-order valence-corrected chi connectivity index (χ1v) is 10.0. The van der Waals surface area contributed by atoms with Crippen LogP contribution in [-0.2, 0) is 16.1 Å². The van der Waals surface area contributed by atoms with Crippen LogP contribution in [-0.4, -0.2) is 60.1 Å². The highest BCUT2D eigenvalue weighted by molar-refractivity contribution is 7.09. The Hall–Kier alpha value is -0.980. The molecule has 0 N–H and O–H groups in total. The second-order valence-electron chi connectivity index (χ2n) is 7.59. The van der Waals surface area contributed by atoms with Crippen LogP contribution in [0.3, 0.4) is 0 Å². The van der Waals surface area contributed by atoms with Crippen LogP contribution in [0, 0.1) is 18.3 Å². The van der Waals surface area contributed by atoms with E-state index in [0.717, 1.165) is 82.3 Å². The van der Waals surface area contributed by atoms with Gasteiger partial charge in [0.15, 0.2) is 0 Å². The van der Waals surface area contributed by atoms with Crippen molar-refractivity contribution in [2.45, 2.75) is 39.2 Å². The molecule has 1 atom stereocenters. The van der Waals surface area contributed by atoms with Crippen LogP contribution in [0.5, 0.6) is 0 Å². The Kier molecular flexibility index (Phi) is 4.62. The highest BCUT2D eigenvalue weighted by Crippen LogP contribution is 2.45. The Labute approximate surface area is 148 Å². The average Bonchev–Trinajstić information content (AvgIpc) is 3.30. The molecule has 1 spiro atoms. The molecule has 0 aromatic carbocycles. The lowest BCUT2D eigenvalue weighted by Crippen LogP contribution is -2.45. The summed E-state index contributed by atoms with van der Waals surface area (Å²) < 4.78 is 5.61. The normalized spacial score (nSPS) is 27.2. The predicted octanol–water partition coefficient (Wildman–Crippen LogP) is 2.30. The molecule has 5 nitrogen and oxygen atoms in total. The quantitative estimate of drug-likeness (QED) is 0.840. The molecule has 0 radical (unpaired) electrons. The first kappa shape index (κ1) is 16.5. The van der Waals surface area contributed by atoms with E-state index in [-0.39, 0.29) is 11.3 Å². The van der Waals surface area contributed by atoms with Gasteiger partial charge >= 0.3 is 0 Å². The molecule has 4 rings (SSSR count). The highest BCUT2D eigenvalue weighted by atomic mass is 32.1. The molecule has 4 heterocycles. The first-order valence-electron chi connectivity index (χ1n) is 9.16. The number of aromatic nitrogens is 1. The fourth-order valence-corrected chi connectivity index (χ4v) is 5.29. The molecule has 0 aliphatic carbocycles. The molecule has 1 aromatic heterocycles. The van der Waals surface area contributed by atoms with Gasteiger partial charge in [-0.15, -0.1) is 11.3 Å². The minimum atomic E-state index is 0.114. The SMILES string of the molecule is Cc1nc(CN2C[C@H](C(=O)N3CCCC3)C3(CCOCC3)C2)cs1. The number of likely N-dealkylation sites (tertiary alicyclic amines) is 2. The van der Waals surface area contributed by atoms with Crippen molar-refractivity contribution in [2.75, 3.05) is 39.4 Å². The van der Waals surface area contributed by atoms with Crippen LogP contribution < -0.4 is 0 Å². The smallest absolute Gasteiger partial charge is 0.227 e. The zero-order valence-electron chi connectivity index (χ0n) is 14.5. The maximum Gasteiger partial charge on any atom is 0.227 e. The molecule has 0 bridgehead atoms. The number of thiazole rings is 1. The second-order valence-corrected chi connectivity index (χ2v) is 8.65. The second kappa shape index (κ2) is 6.73. The van der Waals surface area contributed by atoms with Crippen molar-refractivity contribution in [3.63, 3.8) is 0 Å². The van der Waals surface area contributed by atoms with Gasteiger partial charge in [-0.05, 0) is 32.6 Å². The van der Waals surface area contributed by atoms with Crippen molar-refractivity contribution in [2.24, 2.45) is 11.3 Å². The van der Waals surface area contributed by atoms with E-state index >= 15 is 0 Å². The van der Waals surface area contributed by atoms with Gasteiger partial charge in [0, 0.05) is 56.7 Å². The molecule has 3 saturated heterocycles. The van der Waals surface area contributed by atoms with Gasteiger partial charge in [-0.1, -0.05) is 0 Å². The molecular formula is C18H27N3O2S. The third-order valence-corrected chi connectivity index (χ3v) is 6.80. The first-order chi connectivity index (χ1) is 11.7. The van der Waals surface area contributed by atoms with Crippen LogP contribution in [0.15, 0.2) is 5.38 Å². The maximum absolute atomic E-state index is 13.2. The van der Waals surface area contributed by atoms with E-state index in [9.17, 15) is 4.79 Å². The van der Waals surface area contributed by atoms with Crippen LogP contribution in [0.2, 0.25) is 0 Å². The van der Waals surface area contributed by atoms with E-state index in [1.54, 1.807) is 11.3 Å². The summed E-state index contributed by atoms with van der Waals surface area (Å²) in [5.41, 5.74) is 1.26. The maximum atomic E-state index is 13.2. The van der Waals surface area contributed by atoms with Crippen LogP contribution in [0.25, 0.3) is 0 Å². The summed E-state index contributed by atoms with van der Waals surface area (Å²) in [5.74, 6) is 0.533. The highest BCUT2D eigenvalue weighted by Gasteiger charge is 2.51. The molecule has 3 aliphatic heterocycles. The lowest BCUT2D eigenvalue weighted by Gasteiger charge is -2.38. The van der Waals surface area contributed by atoms with Gasteiger partial charge in [0.05, 0.1) is 16.6 Å². The summed E-state index contributed by atoms with van der Waals surface area (Å²) in [5, 5.41) is 3.27. The molecule has 1 aromatic rings. The number of hydrogen-bond acceptors (Lipinski definition) is 5. The van der Waals surface area contributed by atoms with E-state index in [4.69, 9.17) is 4.74 Å². The number of hydrogen-bond donors (Lipinski definition) is 0. The topological polar surface area (TPSA) is 45.7 Å². The fraction of sp³-hybridized carbons (Fsp3) is 0.778. The van der Waals surface area contributed by atoms with Crippen LogP contribution >= 0.6 is 11.3 Å². The predicted molar refractivity (Wildman–Crippen MR) is 93.9 cm³/mol. The lowest BCUT2D eigenvalue weighted by molar-refractivity contribution is -0.139. The van der Waals surface area contributed by atoms with E-state index in [0.29, 0.717) is 5.91 Å². The van der Waals surface area contributed by atoms with Crippen LogP contribution in [0.4, 0.5) is 0 Å². The number of nitrogens with zero attached hydrogens (tertiary/aromatic N) is 3. The van der Waals surface area contributed by atoms with E-state index in [2.05, 4.69) is 27.1 Å². The average molecular weight is 350 g/mol. The number of ether oxygens (including phenoxy) is 1. The summed E-state index contributed by atoms with van der Waals surface area (Å²) >= 11 is 1.71. The number of rotatable bonds is 3. The third kappa shape index (κ3) is 3.11. The Morgan fingerprint density at radius 2 is 2.12 bits per heavy atom. The number of amides is 1. The van der Waals surface area contributed by atoms with Crippen molar-refractivity contribution in [3.05, 3.63) is 16.1 Å². The fourth-order valence-electron chi connectivity index (χ4n) is 4.68. The van der Waals surface area contributed by atoms with E-state index < -0.39 is 0 Å².